The molecule has 0 aliphatic rings. The van der Waals surface area contributed by atoms with Gasteiger partial charge in [-0.05, 0) is 52.9 Å². The van der Waals surface area contributed by atoms with E-state index in [1.807, 2.05) is 16.7 Å². The summed E-state index contributed by atoms with van der Waals surface area (Å²) >= 11 is 0. The van der Waals surface area contributed by atoms with Gasteiger partial charge in [0.1, 0.15) is 5.82 Å². The molecule has 0 radical (unpaired) electrons. The Morgan fingerprint density at radius 1 is 0.971 bits per heavy atom. The molecule has 178 valence electrons. The predicted octanol–water partition coefficient (Wildman–Crippen LogP) is 5.03. The van der Waals surface area contributed by atoms with Crippen molar-refractivity contribution >= 4 is 0 Å². The normalized spacial score (nSPS) is 12.2. The highest BCUT2D eigenvalue weighted by Gasteiger charge is 2.17. The molecule has 0 fully saturated rings. The van der Waals surface area contributed by atoms with E-state index in [1.54, 1.807) is 4.68 Å². The number of nitrogens with one attached hydrogen (secondary N) is 1. The minimum absolute atomic E-state index is 0.0164. The Balaban J connectivity index is 1.55. The number of hydrogen-bond donors (Lipinski definition) is 1. The van der Waals surface area contributed by atoms with E-state index in [-0.39, 0.29) is 11.7 Å². The Labute approximate surface area is 200 Å². The van der Waals surface area contributed by atoms with Crippen molar-refractivity contribution in [3.63, 3.8) is 0 Å². The highest BCUT2D eigenvalue weighted by atomic mass is 16.2. The number of nitrogens with zero attached hydrogens (tertiary/aromatic N) is 6. The average molecular weight is 460 g/mol. The summed E-state index contributed by atoms with van der Waals surface area (Å²) in [5.41, 5.74) is 4.18. The number of hydrogen-bond acceptors (Lipinski definition) is 5. The zero-order valence-electron chi connectivity index (χ0n) is 20.2. The largest absolute Gasteiger partial charge is 0.346 e. The average Bonchev–Trinajstić information content (AvgIpc) is 3.51. The molecule has 0 amide bonds. The van der Waals surface area contributed by atoms with Gasteiger partial charge < -0.3 is 0 Å². The summed E-state index contributed by atoms with van der Waals surface area (Å²) in [6.45, 7) is 6.88. The van der Waals surface area contributed by atoms with Gasteiger partial charge in [0.15, 0.2) is 5.82 Å². The second kappa shape index (κ2) is 11.0. The van der Waals surface area contributed by atoms with Crippen molar-refractivity contribution in [2.45, 2.75) is 71.9 Å². The number of tetrazole rings is 1. The fourth-order valence-electron chi connectivity index (χ4n) is 4.08. The molecule has 34 heavy (non-hydrogen) atoms. The van der Waals surface area contributed by atoms with E-state index in [4.69, 9.17) is 5.10 Å². The zero-order chi connectivity index (χ0) is 23.9. The maximum absolute atomic E-state index is 13.2. The van der Waals surface area contributed by atoms with Crippen LogP contribution in [0.15, 0.2) is 53.3 Å². The molecular formula is C26H33N7O. The third-order valence-electron chi connectivity index (χ3n) is 6.33. The van der Waals surface area contributed by atoms with Crippen molar-refractivity contribution in [2.24, 2.45) is 0 Å². The summed E-state index contributed by atoms with van der Waals surface area (Å²) in [4.78, 5) is 13.2. The molecule has 2 aromatic carbocycles. The molecule has 1 unspecified atom stereocenters. The van der Waals surface area contributed by atoms with Crippen molar-refractivity contribution in [1.82, 2.24) is 35.0 Å². The SMILES string of the molecule is CCCCCCc1nn(C(C)CC)c(=O)n1Cc1ccc(-c2cccc(-c3nnn[nH]3)c2)cc1. The van der Waals surface area contributed by atoms with Crippen LogP contribution in [0.3, 0.4) is 0 Å². The van der Waals surface area contributed by atoms with Gasteiger partial charge in [-0.25, -0.2) is 14.6 Å². The molecule has 4 aromatic rings. The van der Waals surface area contributed by atoms with Gasteiger partial charge in [-0.2, -0.15) is 5.10 Å². The first-order valence-corrected chi connectivity index (χ1v) is 12.2. The van der Waals surface area contributed by atoms with Crippen LogP contribution in [-0.4, -0.2) is 35.0 Å². The van der Waals surface area contributed by atoms with Gasteiger partial charge in [0, 0.05) is 12.0 Å². The van der Waals surface area contributed by atoms with E-state index in [9.17, 15) is 4.79 Å². The number of unbranched alkanes of at least 4 members (excludes halogenated alkanes) is 3. The molecule has 4 rings (SSSR count). The van der Waals surface area contributed by atoms with E-state index in [2.05, 4.69) is 77.8 Å². The van der Waals surface area contributed by atoms with Gasteiger partial charge >= 0.3 is 5.69 Å². The molecule has 8 nitrogen and oxygen atoms in total. The lowest BCUT2D eigenvalue weighted by Gasteiger charge is -2.08. The number of aromatic amines is 1. The van der Waals surface area contributed by atoms with Crippen molar-refractivity contribution in [3.05, 3.63) is 70.4 Å². The maximum Gasteiger partial charge on any atom is 0.346 e. The van der Waals surface area contributed by atoms with Crippen LogP contribution in [0.1, 0.15) is 70.3 Å². The molecule has 1 atom stereocenters. The summed E-state index contributed by atoms with van der Waals surface area (Å²) in [7, 11) is 0. The second-order valence-electron chi connectivity index (χ2n) is 8.83. The van der Waals surface area contributed by atoms with Crippen LogP contribution < -0.4 is 5.69 Å². The summed E-state index contributed by atoms with van der Waals surface area (Å²) in [5.74, 6) is 1.53. The monoisotopic (exact) mass is 459 g/mol. The van der Waals surface area contributed by atoms with E-state index < -0.39 is 0 Å². The minimum atomic E-state index is -0.0164. The smallest absolute Gasteiger partial charge is 0.274 e. The van der Waals surface area contributed by atoms with Crippen LogP contribution in [0.2, 0.25) is 0 Å². The van der Waals surface area contributed by atoms with E-state index in [0.717, 1.165) is 47.3 Å². The molecule has 2 aromatic heterocycles. The van der Waals surface area contributed by atoms with Gasteiger partial charge in [0.2, 0.25) is 0 Å². The van der Waals surface area contributed by atoms with Gasteiger partial charge in [-0.3, -0.25) is 4.57 Å². The Morgan fingerprint density at radius 3 is 2.47 bits per heavy atom. The number of aromatic nitrogens is 7. The molecule has 0 aliphatic carbocycles. The number of rotatable bonds is 11. The summed E-state index contributed by atoms with van der Waals surface area (Å²) in [6, 6.07) is 16.6. The van der Waals surface area contributed by atoms with Crippen molar-refractivity contribution in [3.8, 4) is 22.5 Å². The van der Waals surface area contributed by atoms with E-state index in [1.165, 1.54) is 19.3 Å². The first-order chi connectivity index (χ1) is 16.6. The summed E-state index contributed by atoms with van der Waals surface area (Å²) in [6.07, 6.45) is 6.34. The first-order valence-electron chi connectivity index (χ1n) is 12.2. The highest BCUT2D eigenvalue weighted by Crippen LogP contribution is 2.24. The molecule has 8 heteroatoms. The quantitative estimate of drug-likeness (QED) is 0.317. The van der Waals surface area contributed by atoms with Crippen LogP contribution in [-0.2, 0) is 13.0 Å². The molecular weight excluding hydrogens is 426 g/mol. The first kappa shape index (κ1) is 23.6. The van der Waals surface area contributed by atoms with Crippen LogP contribution in [0.5, 0.6) is 0 Å². The molecule has 1 N–H and O–H groups in total. The Kier molecular flexibility index (Phi) is 7.67. The third-order valence-corrected chi connectivity index (χ3v) is 6.33. The molecule has 0 bridgehead atoms. The second-order valence-corrected chi connectivity index (χ2v) is 8.83. The van der Waals surface area contributed by atoms with Crippen LogP contribution >= 0.6 is 0 Å². The molecule has 0 saturated carbocycles. The molecule has 0 aliphatic heterocycles. The molecule has 0 spiro atoms. The summed E-state index contributed by atoms with van der Waals surface area (Å²) in [5, 5.41) is 18.8. The Hall–Kier alpha value is -3.55. The van der Waals surface area contributed by atoms with Gasteiger partial charge in [0.25, 0.3) is 0 Å². The number of benzene rings is 2. The molecule has 2 heterocycles. The van der Waals surface area contributed by atoms with Crippen molar-refractivity contribution < 1.29 is 0 Å². The minimum Gasteiger partial charge on any atom is -0.274 e. The maximum atomic E-state index is 13.2. The molecule has 0 saturated heterocycles. The third kappa shape index (κ3) is 5.32. The van der Waals surface area contributed by atoms with Crippen molar-refractivity contribution in [2.75, 3.05) is 0 Å². The van der Waals surface area contributed by atoms with Crippen LogP contribution in [0.4, 0.5) is 0 Å². The Morgan fingerprint density at radius 2 is 1.76 bits per heavy atom. The van der Waals surface area contributed by atoms with Gasteiger partial charge in [0.05, 0.1) is 12.6 Å². The topological polar surface area (TPSA) is 94.3 Å². The van der Waals surface area contributed by atoms with E-state index >= 15 is 0 Å². The fourth-order valence-corrected chi connectivity index (χ4v) is 4.08. The number of H-pyrrole nitrogens is 1. The van der Waals surface area contributed by atoms with Crippen LogP contribution in [0, 0.1) is 0 Å². The lowest BCUT2D eigenvalue weighted by molar-refractivity contribution is 0.456. The standard InChI is InChI=1S/C26H33N7O/c1-4-6-7-8-12-24-29-33(19(3)5-2)26(34)32(24)18-20-13-15-21(16-14-20)22-10-9-11-23(17-22)25-27-30-31-28-25/h9-11,13-17,19H,4-8,12,18H2,1-3H3,(H,27,28,30,31). The van der Waals surface area contributed by atoms with Gasteiger partial charge in [-0.15, -0.1) is 5.10 Å². The van der Waals surface area contributed by atoms with Crippen LogP contribution in [0.25, 0.3) is 22.5 Å². The number of aryl methyl sites for hydroxylation is 1. The lowest BCUT2D eigenvalue weighted by Crippen LogP contribution is -2.27. The fraction of sp³-hybridized carbons (Fsp3) is 0.423. The van der Waals surface area contributed by atoms with E-state index in [0.29, 0.717) is 12.4 Å². The predicted molar refractivity (Wildman–Crippen MR) is 133 cm³/mol. The Bertz CT molecular complexity index is 1240. The zero-order valence-corrected chi connectivity index (χ0v) is 20.2. The summed E-state index contributed by atoms with van der Waals surface area (Å²) < 4.78 is 3.51. The van der Waals surface area contributed by atoms with Crippen molar-refractivity contribution in [1.29, 1.82) is 0 Å². The highest BCUT2D eigenvalue weighted by molar-refractivity contribution is 5.70. The van der Waals surface area contributed by atoms with Gasteiger partial charge in [-0.1, -0.05) is 75.6 Å². The lowest BCUT2D eigenvalue weighted by atomic mass is 10.0.